The molecule has 2 amide bonds. The first-order chi connectivity index (χ1) is 29.1. The lowest BCUT2D eigenvalue weighted by molar-refractivity contribution is -0.384. The molecule has 0 bridgehead atoms. The smallest absolute Gasteiger partial charge is 0.415 e. The lowest BCUT2D eigenvalue weighted by atomic mass is 9.55. The van der Waals surface area contributed by atoms with Gasteiger partial charge in [-0.1, -0.05) is 60.5 Å². The van der Waals surface area contributed by atoms with E-state index < -0.39 is 34.9 Å². The second-order valence-corrected chi connectivity index (χ2v) is 15.2. The van der Waals surface area contributed by atoms with Gasteiger partial charge in [-0.3, -0.25) is 10.1 Å². The molecule has 2 aliphatic carbocycles. The number of aliphatic hydroxyl groups is 2. The van der Waals surface area contributed by atoms with Crippen LogP contribution in [0.15, 0.2) is 102 Å². The number of non-ortho nitro benzene ring substituents is 1. The minimum Gasteiger partial charge on any atom is -0.459 e. The normalized spacial score (nSPS) is 23.2. The van der Waals surface area contributed by atoms with Crippen LogP contribution in [0.25, 0.3) is 0 Å². The van der Waals surface area contributed by atoms with Crippen molar-refractivity contribution in [1.82, 2.24) is 10.2 Å². The summed E-state index contributed by atoms with van der Waals surface area (Å²) in [5, 5.41) is 38.5. The highest BCUT2D eigenvalue weighted by molar-refractivity contribution is 6.03. The van der Waals surface area contributed by atoms with E-state index in [1.807, 2.05) is 36.4 Å². The van der Waals surface area contributed by atoms with Gasteiger partial charge in [-0.25, -0.2) is 9.59 Å². The molecule has 3 aromatic rings. The molecule has 6 rings (SSSR count). The minimum absolute atomic E-state index is 0.0109. The van der Waals surface area contributed by atoms with E-state index in [0.29, 0.717) is 43.0 Å². The molecule has 60 heavy (non-hydrogen) atoms. The van der Waals surface area contributed by atoms with Gasteiger partial charge in [-0.15, -0.1) is 6.58 Å². The summed E-state index contributed by atoms with van der Waals surface area (Å²) < 4.78 is 25.5. The van der Waals surface area contributed by atoms with E-state index in [4.69, 9.17) is 28.9 Å². The second kappa shape index (κ2) is 20.5. The number of nitro benzene ring substituents is 1. The van der Waals surface area contributed by atoms with Crippen molar-refractivity contribution in [1.29, 1.82) is 0 Å². The first-order valence-electron chi connectivity index (χ1n) is 20.5. The van der Waals surface area contributed by atoms with Crippen LogP contribution in [0.4, 0.5) is 15.3 Å². The van der Waals surface area contributed by atoms with Gasteiger partial charge in [0.05, 0.1) is 23.2 Å². The number of fused-ring (bicyclic) bond motifs is 2. The number of carbonyl (C=O) groups excluding carboxylic acids is 2. The summed E-state index contributed by atoms with van der Waals surface area (Å²) in [5.41, 5.74) is 2.97. The Morgan fingerprint density at radius 3 is 2.42 bits per heavy atom. The SMILES string of the molecule is C=CCO[C@@]12Oc3ccc(OC(=O)NCC)cc3[C@H]3[C@H](CCCCO)[C@@H](CCCCO)C=C(C(=NOCc4ccccc4)C[C@@H]1N(C)C(=O)Oc1ccc([N+](=O)[O-])cc1)[C@H]32. The molecule has 0 spiro atoms. The summed E-state index contributed by atoms with van der Waals surface area (Å²) in [6, 6.07) is 19.2. The Hall–Kier alpha value is -5.77. The van der Waals surface area contributed by atoms with Crippen molar-refractivity contribution in [2.45, 2.75) is 76.2 Å². The highest BCUT2D eigenvalue weighted by Crippen LogP contribution is 2.61. The van der Waals surface area contributed by atoms with Gasteiger partial charge in [-0.05, 0) is 85.9 Å². The van der Waals surface area contributed by atoms with Crippen molar-refractivity contribution in [3.05, 3.63) is 118 Å². The molecule has 15 heteroatoms. The maximum atomic E-state index is 14.2. The number of likely N-dealkylation sites (N-methyl/N-ethyl adjacent to an activating group) is 1. The minimum atomic E-state index is -1.55. The van der Waals surface area contributed by atoms with Gasteiger partial charge in [0.25, 0.3) is 5.69 Å². The van der Waals surface area contributed by atoms with E-state index in [-0.39, 0.29) is 62.0 Å². The van der Waals surface area contributed by atoms with E-state index in [1.165, 1.54) is 29.2 Å². The van der Waals surface area contributed by atoms with Gasteiger partial charge in [0, 0.05) is 56.8 Å². The van der Waals surface area contributed by atoms with Crippen LogP contribution in [0.3, 0.4) is 0 Å². The molecule has 0 radical (unpaired) electrons. The number of carbonyl (C=O) groups is 2. The van der Waals surface area contributed by atoms with Crippen LogP contribution in [0, 0.1) is 27.9 Å². The predicted molar refractivity (Wildman–Crippen MR) is 223 cm³/mol. The molecule has 0 aromatic heterocycles. The van der Waals surface area contributed by atoms with Crippen LogP contribution in [-0.4, -0.2) is 83.2 Å². The highest BCUT2D eigenvalue weighted by atomic mass is 16.7. The van der Waals surface area contributed by atoms with E-state index in [9.17, 15) is 29.9 Å². The molecule has 1 saturated carbocycles. The molecule has 3 aliphatic rings. The van der Waals surface area contributed by atoms with Crippen LogP contribution < -0.4 is 19.5 Å². The van der Waals surface area contributed by atoms with Gasteiger partial charge in [-0.2, -0.15) is 0 Å². The van der Waals surface area contributed by atoms with Gasteiger partial charge >= 0.3 is 12.2 Å². The van der Waals surface area contributed by atoms with Crippen molar-refractivity contribution in [3.8, 4) is 17.2 Å². The summed E-state index contributed by atoms with van der Waals surface area (Å²) in [4.78, 5) is 45.2. The Bertz CT molecular complexity index is 2020. The average Bonchev–Trinajstić information content (AvgIpc) is 3.24. The molecule has 6 atom stereocenters. The number of nitro groups is 1. The van der Waals surface area contributed by atoms with Crippen LogP contribution in [0.5, 0.6) is 17.2 Å². The molecule has 3 N–H and O–H groups in total. The number of nitrogens with zero attached hydrogens (tertiary/aromatic N) is 3. The van der Waals surface area contributed by atoms with E-state index in [2.05, 4.69) is 18.0 Å². The molecule has 1 aliphatic heterocycles. The maximum Gasteiger partial charge on any atom is 0.415 e. The number of nitrogens with one attached hydrogen (secondary N) is 1. The monoisotopic (exact) mass is 826 g/mol. The van der Waals surface area contributed by atoms with Crippen molar-refractivity contribution in [2.24, 2.45) is 22.9 Å². The Morgan fingerprint density at radius 2 is 1.73 bits per heavy atom. The van der Waals surface area contributed by atoms with Crippen molar-refractivity contribution in [2.75, 3.05) is 33.4 Å². The highest BCUT2D eigenvalue weighted by Gasteiger charge is 2.65. The number of hydrogen-bond acceptors (Lipinski definition) is 12. The predicted octanol–water partition coefficient (Wildman–Crippen LogP) is 7.67. The van der Waals surface area contributed by atoms with Crippen LogP contribution >= 0.6 is 0 Å². The van der Waals surface area contributed by atoms with Crippen molar-refractivity contribution in [3.63, 3.8) is 0 Å². The number of allylic oxidation sites excluding steroid dienone is 1. The number of amides is 2. The first kappa shape index (κ1) is 43.8. The zero-order valence-corrected chi connectivity index (χ0v) is 34.1. The standard InChI is InChI=1S/C45H54N4O11/c1-4-25-56-45-40(48(3)44(53)59-33-19-17-32(18-20-33)49(54)55)28-38(47-57-29-30-13-7-6-8-14-30)36-26-31(15-9-11-23-50)35(16-10-12-24-51)41(42(36)45)37-27-34(21-22-39(37)60-45)58-43(52)46-5-2/h4,6-8,13-14,17-22,26-27,31,35,40-42,50-51H,1,5,9-12,15-16,23-25,28-29H2,2-3H3,(H,46,52)/t31-,35+,40-,41+,42+,45+/m0/s1. The Kier molecular flexibility index (Phi) is 14.9. The number of unbranched alkanes of at least 4 members (excludes halogenated alkanes) is 2. The number of ether oxygens (including phenoxy) is 4. The topological polar surface area (TPSA) is 192 Å². The largest absolute Gasteiger partial charge is 0.459 e. The summed E-state index contributed by atoms with van der Waals surface area (Å²) in [6.07, 6.45) is 6.79. The molecule has 1 fully saturated rings. The van der Waals surface area contributed by atoms with Crippen LogP contribution in [0.1, 0.15) is 68.9 Å². The number of rotatable bonds is 19. The number of oxime groups is 1. The Morgan fingerprint density at radius 1 is 1.02 bits per heavy atom. The molecular weight excluding hydrogens is 773 g/mol. The van der Waals surface area contributed by atoms with E-state index >= 15 is 0 Å². The van der Waals surface area contributed by atoms with Gasteiger partial charge < -0.3 is 44.2 Å². The zero-order valence-electron chi connectivity index (χ0n) is 34.1. The fraction of sp³-hybridized carbons (Fsp3) is 0.444. The molecule has 0 unspecified atom stereocenters. The molecular formula is C45H54N4O11. The average molecular weight is 827 g/mol. The molecule has 15 nitrogen and oxygen atoms in total. The summed E-state index contributed by atoms with van der Waals surface area (Å²) >= 11 is 0. The number of benzene rings is 3. The summed E-state index contributed by atoms with van der Waals surface area (Å²) in [7, 11) is 1.59. The van der Waals surface area contributed by atoms with Crippen LogP contribution in [-0.2, 0) is 16.2 Å². The quantitative estimate of drug-likeness (QED) is 0.0465. The fourth-order valence-corrected chi connectivity index (χ4v) is 8.77. The summed E-state index contributed by atoms with van der Waals surface area (Å²) in [5.74, 6) is -1.67. The van der Waals surface area contributed by atoms with Gasteiger partial charge in [0.1, 0.15) is 29.9 Å². The molecule has 3 aromatic carbocycles. The molecule has 320 valence electrons. The third-order valence-corrected chi connectivity index (χ3v) is 11.4. The lowest BCUT2D eigenvalue weighted by Crippen LogP contribution is -2.69. The summed E-state index contributed by atoms with van der Waals surface area (Å²) in [6.45, 7) is 6.46. The maximum absolute atomic E-state index is 14.2. The van der Waals surface area contributed by atoms with Gasteiger partial charge in [0.15, 0.2) is 0 Å². The number of aliphatic hydroxyl groups excluding tert-OH is 2. The van der Waals surface area contributed by atoms with E-state index in [1.54, 1.807) is 32.2 Å². The third-order valence-electron chi connectivity index (χ3n) is 11.4. The number of hydrogen-bond donors (Lipinski definition) is 3. The van der Waals surface area contributed by atoms with Crippen LogP contribution in [0.2, 0.25) is 0 Å². The lowest BCUT2D eigenvalue weighted by Gasteiger charge is -2.59. The molecule has 1 heterocycles. The Labute approximate surface area is 349 Å². The van der Waals surface area contributed by atoms with Crippen molar-refractivity contribution >= 4 is 23.6 Å². The second-order valence-electron chi connectivity index (χ2n) is 15.2. The zero-order chi connectivity index (χ0) is 42.6. The third kappa shape index (κ3) is 9.81. The first-order valence-corrected chi connectivity index (χ1v) is 20.5. The van der Waals surface area contributed by atoms with Gasteiger partial charge in [0.2, 0.25) is 5.79 Å². The fourth-order valence-electron chi connectivity index (χ4n) is 8.77. The van der Waals surface area contributed by atoms with Crippen molar-refractivity contribution < 1.29 is 48.5 Å². The van der Waals surface area contributed by atoms with E-state index in [0.717, 1.165) is 36.0 Å². The molecule has 0 saturated heterocycles. The Balaban J connectivity index is 1.53.